The van der Waals surface area contributed by atoms with Gasteiger partial charge in [0.2, 0.25) is 5.91 Å². The molecule has 2 fully saturated rings. The van der Waals surface area contributed by atoms with E-state index in [0.29, 0.717) is 34.6 Å². The molecule has 1 aliphatic carbocycles. The van der Waals surface area contributed by atoms with E-state index < -0.39 is 5.97 Å². The van der Waals surface area contributed by atoms with Crippen LogP contribution in [0.2, 0.25) is 0 Å². The number of nitrogens with zero attached hydrogens (tertiary/aromatic N) is 3. The van der Waals surface area contributed by atoms with E-state index in [0.717, 1.165) is 18.7 Å². The number of hydrogen-bond acceptors (Lipinski definition) is 6. The van der Waals surface area contributed by atoms with E-state index in [1.807, 2.05) is 53.4 Å². The molecule has 1 saturated carbocycles. The Kier molecular flexibility index (Phi) is 9.41. The monoisotopic (exact) mass is 553 g/mol. The Hall–Kier alpha value is -4.46. The summed E-state index contributed by atoms with van der Waals surface area (Å²) in [6.07, 6.45) is 7.97. The van der Waals surface area contributed by atoms with Crippen molar-refractivity contribution in [2.45, 2.75) is 32.1 Å². The number of carbonyl (C=O) groups is 2. The second-order valence-corrected chi connectivity index (χ2v) is 10.5. The molecule has 1 amide bonds. The third-order valence-electron chi connectivity index (χ3n) is 7.72. The molecule has 1 saturated heterocycles. The van der Waals surface area contributed by atoms with Crippen LogP contribution in [-0.4, -0.2) is 58.9 Å². The number of oxime groups is 1. The summed E-state index contributed by atoms with van der Waals surface area (Å²) < 4.78 is 5.78. The zero-order valence-corrected chi connectivity index (χ0v) is 23.0. The largest absolute Gasteiger partial charge is 0.490 e. The molecule has 0 radical (unpaired) electrons. The zero-order valence-electron chi connectivity index (χ0n) is 23.0. The summed E-state index contributed by atoms with van der Waals surface area (Å²) in [7, 11) is 0. The minimum Gasteiger partial charge on any atom is -0.490 e. The standard InChI is InChI=1S/C33H35N3O5/c37-31(36-22-26-10-4-5-11-27(26)23-36)21-28(33(38)39)20-24-13-15-29(16-14-24)40-18-19-41-35-32(25-8-2-1-3-9-25)30-12-6-7-17-34-30/h1-3,6-9,12-17,20,26-27H,4-5,10-11,18-19,21-23H2,(H,38,39)/b28-20+,35-32?/t26-,27+. The van der Waals surface area contributed by atoms with E-state index in [4.69, 9.17) is 9.57 Å². The van der Waals surface area contributed by atoms with Gasteiger partial charge in [0.25, 0.3) is 0 Å². The van der Waals surface area contributed by atoms with Crippen LogP contribution in [-0.2, 0) is 14.4 Å². The number of fused-ring (bicyclic) bond motifs is 1. The van der Waals surface area contributed by atoms with Crippen molar-refractivity contribution in [3.8, 4) is 5.75 Å². The molecule has 1 aromatic heterocycles. The highest BCUT2D eigenvalue weighted by Gasteiger charge is 2.36. The smallest absolute Gasteiger partial charge is 0.332 e. The summed E-state index contributed by atoms with van der Waals surface area (Å²) in [6, 6.07) is 22.4. The third-order valence-corrected chi connectivity index (χ3v) is 7.72. The number of aliphatic carboxylic acids is 1. The molecule has 1 N–H and O–H groups in total. The van der Waals surface area contributed by atoms with Crippen molar-refractivity contribution in [2.75, 3.05) is 26.3 Å². The van der Waals surface area contributed by atoms with Gasteiger partial charge in [-0.3, -0.25) is 9.78 Å². The van der Waals surface area contributed by atoms with Crippen molar-refractivity contribution >= 4 is 23.7 Å². The number of carbonyl (C=O) groups excluding carboxylic acids is 1. The van der Waals surface area contributed by atoms with Crippen LogP contribution >= 0.6 is 0 Å². The van der Waals surface area contributed by atoms with E-state index in [9.17, 15) is 14.7 Å². The molecular weight excluding hydrogens is 518 g/mol. The van der Waals surface area contributed by atoms with E-state index in [-0.39, 0.29) is 31.1 Å². The fourth-order valence-electron chi connectivity index (χ4n) is 5.59. The van der Waals surface area contributed by atoms with Crippen molar-refractivity contribution in [3.63, 3.8) is 0 Å². The van der Waals surface area contributed by atoms with E-state index in [2.05, 4.69) is 10.1 Å². The van der Waals surface area contributed by atoms with Crippen molar-refractivity contribution in [3.05, 3.63) is 101 Å². The van der Waals surface area contributed by atoms with Gasteiger partial charge in [-0.2, -0.15) is 0 Å². The van der Waals surface area contributed by atoms with Crippen LogP contribution in [0.15, 0.2) is 89.7 Å². The summed E-state index contributed by atoms with van der Waals surface area (Å²) in [5, 5.41) is 14.1. The molecule has 41 heavy (non-hydrogen) atoms. The van der Waals surface area contributed by atoms with Crippen LogP contribution in [0.4, 0.5) is 0 Å². The Bertz CT molecular complexity index is 1320. The number of benzene rings is 2. The molecule has 0 spiro atoms. The average molecular weight is 554 g/mol. The van der Waals surface area contributed by atoms with Gasteiger partial charge in [-0.25, -0.2) is 4.79 Å². The highest BCUT2D eigenvalue weighted by Crippen LogP contribution is 2.36. The normalized spacial score (nSPS) is 19.0. The van der Waals surface area contributed by atoms with E-state index in [1.165, 1.54) is 25.7 Å². The first kappa shape index (κ1) is 28.1. The van der Waals surface area contributed by atoms with Gasteiger partial charge in [0, 0.05) is 30.4 Å². The van der Waals surface area contributed by atoms with Crippen LogP contribution in [0.5, 0.6) is 5.75 Å². The molecular formula is C33H35N3O5. The van der Waals surface area contributed by atoms with Gasteiger partial charge >= 0.3 is 5.97 Å². The number of hydrogen-bond donors (Lipinski definition) is 1. The molecule has 2 aliphatic rings. The second-order valence-electron chi connectivity index (χ2n) is 10.5. The number of aromatic nitrogens is 1. The van der Waals surface area contributed by atoms with Gasteiger partial charge in [-0.05, 0) is 60.6 Å². The first-order chi connectivity index (χ1) is 20.1. The summed E-state index contributed by atoms with van der Waals surface area (Å²) in [5.41, 5.74) is 3.03. The maximum Gasteiger partial charge on any atom is 0.332 e. The molecule has 2 heterocycles. The Balaban J connectivity index is 1.13. The summed E-state index contributed by atoms with van der Waals surface area (Å²) in [6.45, 7) is 2.02. The number of carboxylic acids is 1. The predicted octanol–water partition coefficient (Wildman–Crippen LogP) is 5.44. The second kappa shape index (κ2) is 13.7. The Morgan fingerprint density at radius 3 is 2.29 bits per heavy atom. The summed E-state index contributed by atoms with van der Waals surface area (Å²) in [4.78, 5) is 36.6. The van der Waals surface area contributed by atoms with Crippen LogP contribution in [0, 0.1) is 11.8 Å². The Morgan fingerprint density at radius 1 is 0.927 bits per heavy atom. The quantitative estimate of drug-likeness (QED) is 0.147. The number of pyridine rings is 1. The lowest BCUT2D eigenvalue weighted by atomic mass is 9.82. The lowest BCUT2D eigenvalue weighted by Gasteiger charge is -2.22. The number of rotatable bonds is 11. The van der Waals surface area contributed by atoms with E-state index in [1.54, 1.807) is 36.5 Å². The molecule has 5 rings (SSSR count). The van der Waals surface area contributed by atoms with Crippen LogP contribution in [0.1, 0.15) is 48.9 Å². The average Bonchev–Trinajstić information content (AvgIpc) is 3.45. The molecule has 0 bridgehead atoms. The number of carboxylic acid groups (broad SMARTS) is 1. The molecule has 0 unspecified atom stereocenters. The maximum absolute atomic E-state index is 12.9. The molecule has 8 heteroatoms. The van der Waals surface area contributed by atoms with Gasteiger partial charge < -0.3 is 19.6 Å². The summed E-state index contributed by atoms with van der Waals surface area (Å²) in [5.74, 6) is 0.584. The fourth-order valence-corrected chi connectivity index (χ4v) is 5.59. The van der Waals surface area contributed by atoms with Gasteiger partial charge in [-0.15, -0.1) is 0 Å². The molecule has 2 atom stereocenters. The maximum atomic E-state index is 12.9. The first-order valence-corrected chi connectivity index (χ1v) is 14.2. The van der Waals surface area contributed by atoms with E-state index >= 15 is 0 Å². The van der Waals surface area contributed by atoms with Crippen molar-refractivity contribution in [2.24, 2.45) is 17.0 Å². The highest BCUT2D eigenvalue weighted by molar-refractivity contribution is 6.11. The van der Waals surface area contributed by atoms with Gasteiger partial charge in [0.05, 0.1) is 12.1 Å². The van der Waals surface area contributed by atoms with Gasteiger partial charge in [-0.1, -0.05) is 66.5 Å². The predicted molar refractivity (Wildman–Crippen MR) is 156 cm³/mol. The third kappa shape index (κ3) is 7.60. The Labute approximate surface area is 240 Å². The molecule has 212 valence electrons. The molecule has 3 aromatic rings. The summed E-state index contributed by atoms with van der Waals surface area (Å²) >= 11 is 0. The van der Waals surface area contributed by atoms with Crippen LogP contribution in [0.3, 0.4) is 0 Å². The minimum absolute atomic E-state index is 0.0897. The molecule has 2 aromatic carbocycles. The zero-order chi connectivity index (χ0) is 28.4. The van der Waals surface area contributed by atoms with Crippen molar-refractivity contribution in [1.82, 2.24) is 9.88 Å². The van der Waals surface area contributed by atoms with Gasteiger partial charge in [0.15, 0.2) is 6.61 Å². The molecule has 8 nitrogen and oxygen atoms in total. The first-order valence-electron chi connectivity index (χ1n) is 14.2. The topological polar surface area (TPSA) is 101 Å². The lowest BCUT2D eigenvalue weighted by Crippen LogP contribution is -2.29. The Morgan fingerprint density at radius 2 is 1.63 bits per heavy atom. The number of ether oxygens (including phenoxy) is 1. The van der Waals surface area contributed by atoms with Crippen molar-refractivity contribution < 1.29 is 24.3 Å². The number of amides is 1. The fraction of sp³-hybridized carbons (Fsp3) is 0.333. The SMILES string of the molecule is O=C(O)/C(=C/c1ccc(OCCON=C(c2ccccc2)c2ccccn2)cc1)CC(=O)N1C[C@H]2CCCC[C@H]2C1. The van der Waals surface area contributed by atoms with Crippen LogP contribution < -0.4 is 4.74 Å². The van der Waals surface area contributed by atoms with Gasteiger partial charge in [0.1, 0.15) is 18.1 Å². The lowest BCUT2D eigenvalue weighted by molar-refractivity contribution is -0.136. The molecule has 1 aliphatic heterocycles. The van der Waals surface area contributed by atoms with Crippen molar-refractivity contribution in [1.29, 1.82) is 0 Å². The number of likely N-dealkylation sites (tertiary alicyclic amines) is 1. The minimum atomic E-state index is -1.08. The van der Waals surface area contributed by atoms with Crippen LogP contribution in [0.25, 0.3) is 6.08 Å². The highest BCUT2D eigenvalue weighted by atomic mass is 16.6.